The van der Waals surface area contributed by atoms with Crippen molar-refractivity contribution in [2.75, 3.05) is 13.7 Å². The van der Waals surface area contributed by atoms with Gasteiger partial charge in [0, 0.05) is 6.54 Å². The lowest BCUT2D eigenvalue weighted by atomic mass is 10.1. The number of carbonyl (C=O) groups excluding carboxylic acids is 2. The number of amides is 1. The minimum Gasteiger partial charge on any atom is -0.465 e. The maximum atomic E-state index is 11.6. The van der Waals surface area contributed by atoms with Gasteiger partial charge < -0.3 is 10.1 Å². The summed E-state index contributed by atoms with van der Waals surface area (Å²) in [7, 11) is 1.29. The lowest BCUT2D eigenvalue weighted by molar-refractivity contribution is 0.0596. The first-order valence-electron chi connectivity index (χ1n) is 4.66. The molecule has 15 heavy (non-hydrogen) atoms. The van der Waals surface area contributed by atoms with E-state index >= 15 is 0 Å². The maximum absolute atomic E-state index is 11.6. The smallest absolute Gasteiger partial charge is 0.338 e. The molecule has 1 N–H and O–H groups in total. The lowest BCUT2D eigenvalue weighted by Crippen LogP contribution is -2.25. The van der Waals surface area contributed by atoms with Crippen LogP contribution < -0.4 is 5.32 Å². The number of methoxy groups -OCH3 is 1. The molecule has 80 valence electrons. The maximum Gasteiger partial charge on any atom is 0.338 e. The number of carbonyl (C=O) groups is 2. The number of ether oxygens (including phenoxy) is 1. The van der Waals surface area contributed by atoms with Crippen molar-refractivity contribution in [1.82, 2.24) is 5.32 Å². The second kappa shape index (κ2) is 5.14. The summed E-state index contributed by atoms with van der Waals surface area (Å²) in [5.74, 6) is -0.768. The zero-order valence-electron chi connectivity index (χ0n) is 8.74. The van der Waals surface area contributed by atoms with Crippen molar-refractivity contribution in [1.29, 1.82) is 0 Å². The summed E-state index contributed by atoms with van der Waals surface area (Å²) in [5.41, 5.74) is 0.622. The Hall–Kier alpha value is -1.84. The second-order valence-corrected chi connectivity index (χ2v) is 2.90. The highest BCUT2D eigenvalue weighted by molar-refractivity contribution is 6.05. The van der Waals surface area contributed by atoms with Gasteiger partial charge in [-0.2, -0.15) is 0 Å². The van der Waals surface area contributed by atoms with E-state index in [9.17, 15) is 9.59 Å². The van der Waals surface area contributed by atoms with Gasteiger partial charge in [-0.25, -0.2) is 4.79 Å². The van der Waals surface area contributed by atoms with Crippen LogP contribution in [0, 0.1) is 0 Å². The van der Waals surface area contributed by atoms with E-state index in [2.05, 4.69) is 10.1 Å². The van der Waals surface area contributed by atoms with E-state index in [1.807, 2.05) is 6.92 Å². The third-order valence-corrected chi connectivity index (χ3v) is 1.91. The summed E-state index contributed by atoms with van der Waals surface area (Å²) in [6.45, 7) is 2.34. The average Bonchev–Trinajstić information content (AvgIpc) is 2.28. The molecule has 0 aromatic heterocycles. The van der Waals surface area contributed by atoms with Gasteiger partial charge in [0.05, 0.1) is 18.2 Å². The molecule has 0 unspecified atom stereocenters. The number of hydrogen-bond acceptors (Lipinski definition) is 3. The van der Waals surface area contributed by atoms with Crippen LogP contribution in [0.3, 0.4) is 0 Å². The SMILES string of the molecule is CCNC(=O)c1ccccc1C(=O)OC. The molecule has 1 rings (SSSR count). The van der Waals surface area contributed by atoms with Gasteiger partial charge in [-0.3, -0.25) is 4.79 Å². The van der Waals surface area contributed by atoms with E-state index in [0.29, 0.717) is 12.1 Å². The van der Waals surface area contributed by atoms with Crippen LogP contribution in [0.15, 0.2) is 24.3 Å². The predicted molar refractivity (Wildman–Crippen MR) is 55.8 cm³/mol. The van der Waals surface area contributed by atoms with Crippen LogP contribution in [0.5, 0.6) is 0 Å². The summed E-state index contributed by atoms with van der Waals surface area (Å²) in [4.78, 5) is 22.9. The van der Waals surface area contributed by atoms with E-state index < -0.39 is 5.97 Å². The van der Waals surface area contributed by atoms with Crippen LogP contribution in [0.4, 0.5) is 0 Å². The van der Waals surface area contributed by atoms with Crippen molar-refractivity contribution in [3.8, 4) is 0 Å². The van der Waals surface area contributed by atoms with Crippen LogP contribution in [-0.2, 0) is 4.74 Å². The largest absolute Gasteiger partial charge is 0.465 e. The summed E-state index contributed by atoms with van der Waals surface area (Å²) in [6.07, 6.45) is 0. The molecule has 0 aliphatic carbocycles. The monoisotopic (exact) mass is 207 g/mol. The molecule has 1 amide bonds. The molecule has 0 bridgehead atoms. The molecule has 4 nitrogen and oxygen atoms in total. The minimum absolute atomic E-state index is 0.265. The van der Waals surface area contributed by atoms with Gasteiger partial charge in [0.15, 0.2) is 0 Å². The molecule has 0 radical (unpaired) electrons. The van der Waals surface area contributed by atoms with Crippen molar-refractivity contribution < 1.29 is 14.3 Å². The van der Waals surface area contributed by atoms with Gasteiger partial charge in [0.25, 0.3) is 5.91 Å². The minimum atomic E-state index is -0.503. The number of rotatable bonds is 3. The Morgan fingerprint density at radius 2 is 1.87 bits per heavy atom. The third-order valence-electron chi connectivity index (χ3n) is 1.91. The Morgan fingerprint density at radius 1 is 1.27 bits per heavy atom. The van der Waals surface area contributed by atoms with Crippen molar-refractivity contribution in [2.45, 2.75) is 6.92 Å². The molecular weight excluding hydrogens is 194 g/mol. The molecule has 4 heteroatoms. The van der Waals surface area contributed by atoms with Crippen molar-refractivity contribution in [3.63, 3.8) is 0 Å². The molecule has 0 fully saturated rings. The topological polar surface area (TPSA) is 55.4 Å². The Balaban J connectivity index is 3.06. The lowest BCUT2D eigenvalue weighted by Gasteiger charge is -2.06. The first-order valence-corrected chi connectivity index (χ1v) is 4.66. The highest BCUT2D eigenvalue weighted by Crippen LogP contribution is 2.09. The van der Waals surface area contributed by atoms with Crippen LogP contribution >= 0.6 is 0 Å². The first kappa shape index (κ1) is 11.2. The average molecular weight is 207 g/mol. The summed E-state index contributed by atoms with van der Waals surface area (Å²) < 4.78 is 4.59. The Labute approximate surface area is 88.2 Å². The number of benzene rings is 1. The van der Waals surface area contributed by atoms with Crippen LogP contribution in [-0.4, -0.2) is 25.5 Å². The fourth-order valence-electron chi connectivity index (χ4n) is 1.22. The molecular formula is C11H13NO3. The molecule has 1 aromatic carbocycles. The van der Waals surface area contributed by atoms with E-state index in [4.69, 9.17) is 0 Å². The second-order valence-electron chi connectivity index (χ2n) is 2.90. The van der Waals surface area contributed by atoms with Gasteiger partial charge in [-0.1, -0.05) is 12.1 Å². The Kier molecular flexibility index (Phi) is 3.85. The zero-order chi connectivity index (χ0) is 11.3. The van der Waals surface area contributed by atoms with E-state index in [0.717, 1.165) is 0 Å². The third kappa shape index (κ3) is 2.56. The fraction of sp³-hybridized carbons (Fsp3) is 0.273. The summed E-state index contributed by atoms with van der Waals surface area (Å²) in [5, 5.41) is 2.63. The van der Waals surface area contributed by atoms with E-state index in [1.165, 1.54) is 7.11 Å². The molecule has 0 heterocycles. The predicted octanol–water partition coefficient (Wildman–Crippen LogP) is 1.22. The van der Waals surface area contributed by atoms with Crippen molar-refractivity contribution in [2.24, 2.45) is 0 Å². The van der Waals surface area contributed by atoms with Crippen LogP contribution in [0.25, 0.3) is 0 Å². The first-order chi connectivity index (χ1) is 7.20. The van der Waals surface area contributed by atoms with E-state index in [1.54, 1.807) is 24.3 Å². The molecule has 0 aliphatic heterocycles. The molecule has 0 spiro atoms. The van der Waals surface area contributed by atoms with Gasteiger partial charge in [-0.05, 0) is 19.1 Å². The molecule has 0 atom stereocenters. The summed E-state index contributed by atoms with van der Waals surface area (Å²) >= 11 is 0. The summed E-state index contributed by atoms with van der Waals surface area (Å²) in [6, 6.07) is 6.56. The number of nitrogens with one attached hydrogen (secondary N) is 1. The van der Waals surface area contributed by atoms with Gasteiger partial charge >= 0.3 is 5.97 Å². The Bertz CT molecular complexity index is 374. The standard InChI is InChI=1S/C11H13NO3/c1-3-12-10(13)8-6-4-5-7-9(8)11(14)15-2/h4-7H,3H2,1-2H3,(H,12,13). The number of hydrogen-bond donors (Lipinski definition) is 1. The quantitative estimate of drug-likeness (QED) is 0.758. The molecule has 0 saturated heterocycles. The van der Waals surface area contributed by atoms with Crippen molar-refractivity contribution in [3.05, 3.63) is 35.4 Å². The normalized spacial score (nSPS) is 9.47. The number of esters is 1. The van der Waals surface area contributed by atoms with Crippen LogP contribution in [0.2, 0.25) is 0 Å². The molecule has 0 aliphatic rings. The zero-order valence-corrected chi connectivity index (χ0v) is 8.74. The van der Waals surface area contributed by atoms with Crippen LogP contribution in [0.1, 0.15) is 27.6 Å². The van der Waals surface area contributed by atoms with E-state index in [-0.39, 0.29) is 11.5 Å². The highest BCUT2D eigenvalue weighted by atomic mass is 16.5. The van der Waals surface area contributed by atoms with Gasteiger partial charge in [0.2, 0.25) is 0 Å². The molecule has 0 saturated carbocycles. The molecule has 1 aromatic rings. The van der Waals surface area contributed by atoms with Gasteiger partial charge in [0.1, 0.15) is 0 Å². The Morgan fingerprint density at radius 3 is 2.40 bits per heavy atom. The highest BCUT2D eigenvalue weighted by Gasteiger charge is 2.15. The van der Waals surface area contributed by atoms with Crippen molar-refractivity contribution >= 4 is 11.9 Å². The fourth-order valence-corrected chi connectivity index (χ4v) is 1.22. The van der Waals surface area contributed by atoms with Gasteiger partial charge in [-0.15, -0.1) is 0 Å².